The van der Waals surface area contributed by atoms with Gasteiger partial charge in [0.2, 0.25) is 0 Å². The number of rotatable bonds is 3. The lowest BCUT2D eigenvalue weighted by atomic mass is 9.67. The van der Waals surface area contributed by atoms with Crippen LogP contribution in [0, 0.1) is 0 Å². The number of benzene rings is 8. The van der Waals surface area contributed by atoms with E-state index >= 15 is 0 Å². The molecule has 11 rings (SSSR count). The Morgan fingerprint density at radius 1 is 0.460 bits per heavy atom. The van der Waals surface area contributed by atoms with Gasteiger partial charge in [0, 0.05) is 10.8 Å². The molecule has 8 aromatic carbocycles. The monoisotopic (exact) mass is 636 g/mol. The van der Waals surface area contributed by atoms with Crippen molar-refractivity contribution in [3.8, 4) is 22.3 Å². The summed E-state index contributed by atoms with van der Waals surface area (Å²) in [6.45, 7) is 0. The van der Waals surface area contributed by atoms with E-state index in [0.717, 1.165) is 29.4 Å². The molecular formula is C49H32O. The van der Waals surface area contributed by atoms with Crippen molar-refractivity contribution < 1.29 is 4.42 Å². The maximum atomic E-state index is 6.83. The number of allylic oxidation sites excluding steroid dienone is 1. The van der Waals surface area contributed by atoms with Crippen LogP contribution in [0.4, 0.5) is 0 Å². The number of furan rings is 1. The van der Waals surface area contributed by atoms with E-state index < -0.39 is 5.41 Å². The van der Waals surface area contributed by atoms with Gasteiger partial charge in [0.15, 0.2) is 0 Å². The van der Waals surface area contributed by atoms with Gasteiger partial charge in [0.1, 0.15) is 11.2 Å². The van der Waals surface area contributed by atoms with Gasteiger partial charge in [0.25, 0.3) is 0 Å². The van der Waals surface area contributed by atoms with E-state index in [2.05, 4.69) is 170 Å². The van der Waals surface area contributed by atoms with E-state index in [1.165, 1.54) is 82.6 Å². The van der Waals surface area contributed by atoms with Gasteiger partial charge in [-0.25, -0.2) is 0 Å². The van der Waals surface area contributed by atoms with Gasteiger partial charge >= 0.3 is 0 Å². The summed E-state index contributed by atoms with van der Waals surface area (Å²) in [5, 5.41) is 7.68. The van der Waals surface area contributed by atoms with E-state index in [-0.39, 0.29) is 0 Å². The molecule has 0 spiro atoms. The minimum absolute atomic E-state index is 0.460. The van der Waals surface area contributed by atoms with Gasteiger partial charge in [0.05, 0.1) is 5.41 Å². The molecule has 9 aromatic rings. The van der Waals surface area contributed by atoms with Gasteiger partial charge < -0.3 is 4.42 Å². The Hall–Kier alpha value is -6.18. The minimum atomic E-state index is -0.460. The fraction of sp³-hybridized carbons (Fsp3) is 0.0612. The van der Waals surface area contributed by atoms with Crippen LogP contribution in [0.2, 0.25) is 0 Å². The number of hydrogen-bond acceptors (Lipinski definition) is 1. The molecule has 1 aromatic heterocycles. The Morgan fingerprint density at radius 2 is 1.16 bits per heavy atom. The molecule has 50 heavy (non-hydrogen) atoms. The SMILES string of the molecule is C1=Cc2c(c3ccccc3c3ccc(-c4cccc5oc6cc7c(cc6c45)-c4ccccc4C7(c4ccccc4)c4ccccc4)cc23)CC1. The lowest BCUT2D eigenvalue weighted by molar-refractivity contribution is 0.666. The van der Waals surface area contributed by atoms with E-state index in [1.54, 1.807) is 0 Å². The zero-order chi connectivity index (χ0) is 32.8. The molecule has 0 bridgehead atoms. The average Bonchev–Trinajstić information content (AvgIpc) is 3.70. The minimum Gasteiger partial charge on any atom is -0.456 e. The topological polar surface area (TPSA) is 13.1 Å². The number of aryl methyl sites for hydroxylation is 1. The fourth-order valence-electron chi connectivity index (χ4n) is 9.35. The zero-order valence-electron chi connectivity index (χ0n) is 27.5. The van der Waals surface area contributed by atoms with Crippen LogP contribution in [-0.4, -0.2) is 0 Å². The van der Waals surface area contributed by atoms with Crippen molar-refractivity contribution >= 4 is 49.6 Å². The Kier molecular flexibility index (Phi) is 5.77. The Labute approximate surface area is 290 Å². The fourth-order valence-corrected chi connectivity index (χ4v) is 9.35. The summed E-state index contributed by atoms with van der Waals surface area (Å²) in [6.07, 6.45) is 6.84. The molecule has 1 nitrogen and oxygen atoms in total. The van der Waals surface area contributed by atoms with Crippen LogP contribution in [0.3, 0.4) is 0 Å². The Morgan fingerprint density at radius 3 is 1.98 bits per heavy atom. The molecule has 0 aliphatic heterocycles. The molecule has 0 saturated heterocycles. The molecule has 2 aliphatic carbocycles. The molecule has 234 valence electrons. The van der Waals surface area contributed by atoms with Gasteiger partial charge in [-0.1, -0.05) is 146 Å². The average molecular weight is 637 g/mol. The lowest BCUT2D eigenvalue weighted by Crippen LogP contribution is -2.28. The molecule has 0 fully saturated rings. The summed E-state index contributed by atoms with van der Waals surface area (Å²) in [5.41, 5.74) is 14.3. The first kappa shape index (κ1) is 27.7. The highest BCUT2D eigenvalue weighted by molar-refractivity contribution is 6.17. The van der Waals surface area contributed by atoms with Crippen LogP contribution in [-0.2, 0) is 11.8 Å². The molecule has 0 atom stereocenters. The summed E-state index contributed by atoms with van der Waals surface area (Å²) < 4.78 is 6.83. The van der Waals surface area contributed by atoms with Gasteiger partial charge in [-0.2, -0.15) is 0 Å². The predicted octanol–water partition coefficient (Wildman–Crippen LogP) is 12.9. The molecule has 1 heterocycles. The molecular weight excluding hydrogens is 605 g/mol. The quantitative estimate of drug-likeness (QED) is 0.176. The number of hydrogen-bond donors (Lipinski definition) is 0. The number of fused-ring (bicyclic) bond motifs is 12. The second-order valence-electron chi connectivity index (χ2n) is 13.8. The first-order chi connectivity index (χ1) is 24.8. The molecule has 0 N–H and O–H groups in total. The highest BCUT2D eigenvalue weighted by Crippen LogP contribution is 2.57. The Balaban J connectivity index is 1.20. The van der Waals surface area contributed by atoms with E-state index in [9.17, 15) is 0 Å². The van der Waals surface area contributed by atoms with Crippen molar-refractivity contribution in [2.24, 2.45) is 0 Å². The van der Waals surface area contributed by atoms with Crippen LogP contribution in [0.5, 0.6) is 0 Å². The summed E-state index contributed by atoms with van der Waals surface area (Å²) in [7, 11) is 0. The maximum Gasteiger partial charge on any atom is 0.136 e. The zero-order valence-corrected chi connectivity index (χ0v) is 27.5. The van der Waals surface area contributed by atoms with Crippen molar-refractivity contribution in [1.82, 2.24) is 0 Å². The van der Waals surface area contributed by atoms with Crippen molar-refractivity contribution in [2.75, 3.05) is 0 Å². The third kappa shape index (κ3) is 3.67. The third-order valence-corrected chi connectivity index (χ3v) is 11.4. The van der Waals surface area contributed by atoms with Crippen LogP contribution in [0.25, 0.3) is 71.8 Å². The molecule has 1 heteroatoms. The van der Waals surface area contributed by atoms with Crippen molar-refractivity contribution in [3.63, 3.8) is 0 Å². The van der Waals surface area contributed by atoms with Crippen LogP contribution < -0.4 is 0 Å². The molecule has 0 amide bonds. The van der Waals surface area contributed by atoms with Gasteiger partial charge in [-0.3, -0.25) is 0 Å². The van der Waals surface area contributed by atoms with E-state index in [0.29, 0.717) is 0 Å². The van der Waals surface area contributed by atoms with Crippen molar-refractivity contribution in [2.45, 2.75) is 18.3 Å². The standard InChI is InChI=1S/C49H32O/c1-3-14-32(15-4-1)49(33-16-5-2-6-17-33)44-24-12-11-22-40(44)42-29-43-47(30-45(42)49)50-46-25-13-23-34(48(43)46)31-26-27-39-37-20-8-7-18-35(37)36-19-9-10-21-38(36)41(39)28-31/h1-8,10-18,20-30H,9,19H2. The second-order valence-corrected chi connectivity index (χ2v) is 13.8. The van der Waals surface area contributed by atoms with E-state index in [1.807, 2.05) is 0 Å². The molecule has 2 aliphatic rings. The van der Waals surface area contributed by atoms with E-state index in [4.69, 9.17) is 4.42 Å². The summed E-state index contributed by atoms with van der Waals surface area (Å²) >= 11 is 0. The van der Waals surface area contributed by atoms with Crippen LogP contribution in [0.1, 0.15) is 39.8 Å². The maximum absolute atomic E-state index is 6.83. The normalized spacial score (nSPS) is 14.3. The third-order valence-electron chi connectivity index (χ3n) is 11.4. The lowest BCUT2D eigenvalue weighted by Gasteiger charge is -2.33. The summed E-state index contributed by atoms with van der Waals surface area (Å²) in [6, 6.07) is 58.1. The molecule has 0 saturated carbocycles. The summed E-state index contributed by atoms with van der Waals surface area (Å²) in [5.74, 6) is 0. The van der Waals surface area contributed by atoms with Crippen LogP contribution >= 0.6 is 0 Å². The van der Waals surface area contributed by atoms with Gasteiger partial charge in [-0.05, 0) is 114 Å². The van der Waals surface area contributed by atoms with Crippen molar-refractivity contribution in [3.05, 3.63) is 197 Å². The smallest absolute Gasteiger partial charge is 0.136 e. The van der Waals surface area contributed by atoms with Gasteiger partial charge in [-0.15, -0.1) is 0 Å². The molecule has 0 unspecified atom stereocenters. The largest absolute Gasteiger partial charge is 0.456 e. The second kappa shape index (κ2) is 10.4. The highest BCUT2D eigenvalue weighted by atomic mass is 16.3. The van der Waals surface area contributed by atoms with Crippen molar-refractivity contribution in [1.29, 1.82) is 0 Å². The first-order valence-corrected chi connectivity index (χ1v) is 17.7. The molecule has 0 radical (unpaired) electrons. The predicted molar refractivity (Wildman–Crippen MR) is 209 cm³/mol. The Bertz CT molecular complexity index is 2810. The first-order valence-electron chi connectivity index (χ1n) is 17.7. The van der Waals surface area contributed by atoms with Crippen LogP contribution in [0.15, 0.2) is 168 Å². The summed E-state index contributed by atoms with van der Waals surface area (Å²) in [4.78, 5) is 0. The highest BCUT2D eigenvalue weighted by Gasteiger charge is 2.46.